The third-order valence-electron chi connectivity index (χ3n) is 3.90. The lowest BCUT2D eigenvalue weighted by Crippen LogP contribution is -2.09. The Kier molecular flexibility index (Phi) is 5.46. The molecule has 0 aliphatic carbocycles. The molecule has 2 N–H and O–H groups in total. The molecule has 27 heavy (non-hydrogen) atoms. The highest BCUT2D eigenvalue weighted by Gasteiger charge is 2.30. The Balaban J connectivity index is 2.87. The van der Waals surface area contributed by atoms with Crippen molar-refractivity contribution in [1.29, 1.82) is 0 Å². The lowest BCUT2D eigenvalue weighted by atomic mass is 10.1. The molecular weight excluding hydrogens is 376 g/mol. The van der Waals surface area contributed by atoms with E-state index in [4.69, 9.17) is 9.47 Å². The third kappa shape index (κ3) is 3.59. The molecule has 0 radical (unpaired) electrons. The lowest BCUT2D eigenvalue weighted by Gasteiger charge is -2.15. The minimum atomic E-state index is -4.35. The van der Waals surface area contributed by atoms with Crippen LogP contribution in [0.4, 0.5) is 0 Å². The number of rotatable bonds is 6. The molecule has 0 aromatic heterocycles. The van der Waals surface area contributed by atoms with Gasteiger partial charge in [0.05, 0.1) is 25.3 Å². The Morgan fingerprint density at radius 2 is 1.11 bits per heavy atom. The van der Waals surface area contributed by atoms with Gasteiger partial charge in [-0.2, -0.15) is 0 Å². The molecular formula is C18H18O8S. The first kappa shape index (κ1) is 20.2. The summed E-state index contributed by atoms with van der Waals surface area (Å²) in [5.41, 5.74) is -0.419. The molecule has 2 rings (SSSR count). The zero-order chi connectivity index (χ0) is 20.5. The summed E-state index contributed by atoms with van der Waals surface area (Å²) in [6.45, 7) is 2.35. The highest BCUT2D eigenvalue weighted by atomic mass is 32.2. The monoisotopic (exact) mass is 394 g/mol. The summed E-state index contributed by atoms with van der Waals surface area (Å²) in [6, 6.07) is 4.02. The molecule has 9 heteroatoms. The van der Waals surface area contributed by atoms with E-state index in [1.807, 2.05) is 0 Å². The van der Waals surface area contributed by atoms with Crippen molar-refractivity contribution < 1.29 is 37.7 Å². The predicted octanol–water partition coefficient (Wildman–Crippen LogP) is 2.35. The van der Waals surface area contributed by atoms with Crippen LogP contribution in [0, 0.1) is 0 Å². The van der Waals surface area contributed by atoms with E-state index in [0.717, 1.165) is 24.3 Å². The number of ether oxygens (including phenoxy) is 2. The van der Waals surface area contributed by atoms with E-state index >= 15 is 0 Å². The third-order valence-corrected chi connectivity index (χ3v) is 5.70. The maximum absolute atomic E-state index is 13.2. The van der Waals surface area contributed by atoms with Crippen molar-refractivity contribution in [3.05, 3.63) is 35.4 Å². The number of benzene rings is 2. The van der Waals surface area contributed by atoms with Crippen LogP contribution < -0.4 is 9.47 Å². The van der Waals surface area contributed by atoms with Crippen molar-refractivity contribution in [2.24, 2.45) is 0 Å². The van der Waals surface area contributed by atoms with Gasteiger partial charge in [0.2, 0.25) is 9.84 Å². The molecule has 0 fully saturated rings. The first-order valence-corrected chi connectivity index (χ1v) is 9.11. The summed E-state index contributed by atoms with van der Waals surface area (Å²) >= 11 is 0. The molecule has 0 saturated carbocycles. The molecule has 0 spiro atoms. The van der Waals surface area contributed by atoms with Gasteiger partial charge >= 0.3 is 0 Å². The number of ketones is 2. The second kappa shape index (κ2) is 7.28. The van der Waals surface area contributed by atoms with Crippen LogP contribution in [-0.4, -0.2) is 44.4 Å². The fraction of sp³-hybridized carbons (Fsp3) is 0.222. The predicted molar refractivity (Wildman–Crippen MR) is 94.8 cm³/mol. The Labute approximate surface area is 155 Å². The van der Waals surface area contributed by atoms with Gasteiger partial charge in [0, 0.05) is 12.1 Å². The van der Waals surface area contributed by atoms with Crippen LogP contribution >= 0.6 is 0 Å². The highest BCUT2D eigenvalue weighted by molar-refractivity contribution is 7.91. The Morgan fingerprint density at radius 1 is 0.778 bits per heavy atom. The maximum Gasteiger partial charge on any atom is 0.213 e. The highest BCUT2D eigenvalue weighted by Crippen LogP contribution is 2.40. The molecule has 8 nitrogen and oxygen atoms in total. The Hall–Kier alpha value is -3.07. The molecule has 0 aliphatic heterocycles. The molecule has 144 valence electrons. The average molecular weight is 394 g/mol. The fourth-order valence-corrected chi connectivity index (χ4v) is 4.12. The van der Waals surface area contributed by atoms with E-state index in [2.05, 4.69) is 0 Å². The summed E-state index contributed by atoms with van der Waals surface area (Å²) in [4.78, 5) is 22.6. The Morgan fingerprint density at radius 3 is 1.37 bits per heavy atom. The smallest absolute Gasteiger partial charge is 0.213 e. The van der Waals surface area contributed by atoms with Crippen LogP contribution in [0.25, 0.3) is 0 Å². The van der Waals surface area contributed by atoms with E-state index < -0.39 is 42.7 Å². The van der Waals surface area contributed by atoms with Crippen LogP contribution in [0.3, 0.4) is 0 Å². The van der Waals surface area contributed by atoms with Crippen LogP contribution in [0.1, 0.15) is 34.6 Å². The maximum atomic E-state index is 13.2. The van der Waals surface area contributed by atoms with Crippen LogP contribution in [0.5, 0.6) is 23.0 Å². The largest absolute Gasteiger partial charge is 0.507 e. The number of hydrogen-bond acceptors (Lipinski definition) is 8. The molecule has 2 aromatic rings. The minimum Gasteiger partial charge on any atom is -0.507 e. The topological polar surface area (TPSA) is 127 Å². The van der Waals surface area contributed by atoms with Crippen LogP contribution in [-0.2, 0) is 9.84 Å². The van der Waals surface area contributed by atoms with E-state index in [9.17, 15) is 28.2 Å². The van der Waals surface area contributed by atoms with Gasteiger partial charge in [0.25, 0.3) is 0 Å². The standard InChI is InChI=1S/C18H18O8S/c1-9(19)11-5-17(15(25-3)7-13(11)21)27(23,24)18-6-12(10(2)20)14(22)8-16(18)26-4/h5-8,21-22H,1-4H3. The fourth-order valence-electron chi connectivity index (χ4n) is 2.52. The summed E-state index contributed by atoms with van der Waals surface area (Å²) in [6.07, 6.45) is 0. The number of carbonyl (C=O) groups excluding carboxylic acids is 2. The van der Waals surface area contributed by atoms with E-state index in [-0.39, 0.29) is 22.6 Å². The van der Waals surface area contributed by atoms with Crippen molar-refractivity contribution in [3.8, 4) is 23.0 Å². The molecule has 0 bridgehead atoms. The molecule has 0 unspecified atom stereocenters. The van der Waals surface area contributed by atoms with Crippen molar-refractivity contribution in [3.63, 3.8) is 0 Å². The number of phenolic OH excluding ortho intramolecular Hbond substituents is 2. The quantitative estimate of drug-likeness (QED) is 0.715. The van der Waals surface area contributed by atoms with Gasteiger partial charge in [-0.15, -0.1) is 0 Å². The number of hydrogen-bond donors (Lipinski definition) is 2. The van der Waals surface area contributed by atoms with Gasteiger partial charge in [-0.1, -0.05) is 0 Å². The summed E-state index contributed by atoms with van der Waals surface area (Å²) in [5.74, 6) is -2.35. The van der Waals surface area contributed by atoms with Gasteiger partial charge < -0.3 is 19.7 Å². The number of carbonyl (C=O) groups is 2. The summed E-state index contributed by atoms with van der Waals surface area (Å²) < 4.78 is 36.5. The van der Waals surface area contributed by atoms with Crippen molar-refractivity contribution in [1.82, 2.24) is 0 Å². The number of aromatic hydroxyl groups is 2. The number of phenols is 2. The Bertz CT molecular complexity index is 960. The summed E-state index contributed by atoms with van der Waals surface area (Å²) in [7, 11) is -1.94. The van der Waals surface area contributed by atoms with Crippen molar-refractivity contribution in [2.75, 3.05) is 14.2 Å². The van der Waals surface area contributed by atoms with Crippen molar-refractivity contribution in [2.45, 2.75) is 23.6 Å². The van der Waals surface area contributed by atoms with Gasteiger partial charge in [0.1, 0.15) is 32.8 Å². The number of sulfone groups is 1. The zero-order valence-electron chi connectivity index (χ0n) is 15.1. The second-order valence-corrected chi connectivity index (χ2v) is 7.54. The minimum absolute atomic E-state index is 0.197. The zero-order valence-corrected chi connectivity index (χ0v) is 15.9. The normalized spacial score (nSPS) is 11.1. The van der Waals surface area contributed by atoms with Gasteiger partial charge in [-0.3, -0.25) is 9.59 Å². The van der Waals surface area contributed by atoms with E-state index in [1.54, 1.807) is 0 Å². The average Bonchev–Trinajstić information content (AvgIpc) is 2.59. The van der Waals surface area contributed by atoms with Crippen LogP contribution in [0.2, 0.25) is 0 Å². The van der Waals surface area contributed by atoms with Crippen molar-refractivity contribution >= 4 is 21.4 Å². The van der Waals surface area contributed by atoms with E-state index in [1.165, 1.54) is 28.1 Å². The number of methoxy groups -OCH3 is 2. The molecule has 2 aromatic carbocycles. The molecule has 0 saturated heterocycles. The molecule has 0 atom stereocenters. The first-order valence-electron chi connectivity index (χ1n) is 7.63. The number of Topliss-reactive ketones (excluding diaryl/α,β-unsaturated/α-hetero) is 2. The SMILES string of the molecule is COc1cc(O)c(C(C)=O)cc1S(=O)(=O)c1cc(C(C)=O)c(O)cc1OC. The van der Waals surface area contributed by atoms with Gasteiger partial charge in [-0.25, -0.2) is 8.42 Å². The molecule has 0 aliphatic rings. The molecule has 0 amide bonds. The summed E-state index contributed by atoms with van der Waals surface area (Å²) in [5, 5.41) is 19.8. The first-order chi connectivity index (χ1) is 12.5. The molecule has 0 heterocycles. The van der Waals surface area contributed by atoms with Gasteiger partial charge in [0.15, 0.2) is 11.6 Å². The second-order valence-electron chi connectivity index (χ2n) is 5.66. The van der Waals surface area contributed by atoms with Gasteiger partial charge in [-0.05, 0) is 26.0 Å². The van der Waals surface area contributed by atoms with E-state index in [0.29, 0.717) is 0 Å². The lowest BCUT2D eigenvalue weighted by molar-refractivity contribution is 0.100. The van der Waals surface area contributed by atoms with Crippen LogP contribution in [0.15, 0.2) is 34.1 Å².